The van der Waals surface area contributed by atoms with Gasteiger partial charge in [-0.15, -0.1) is 0 Å². The highest BCUT2D eigenvalue weighted by atomic mass is 16.5. The van der Waals surface area contributed by atoms with Crippen molar-refractivity contribution < 1.29 is 42.9 Å². The van der Waals surface area contributed by atoms with Gasteiger partial charge in [0.2, 0.25) is 5.91 Å². The standard InChI is InChI=1S/C29H35NO8.C6H6.C2H6O/c1-4-7-26(32)30-25(29(35)38-24-16-12-22(13-17-24)28(34)36-18-5-2)19-21-10-14-23(15-11-21)37-27(33)9-6-8-20(3)31;1-2-4-6-5-3-1;1-3-2/h10-17,25H,4-9,18-19H2,1-3H3,(H,30,32);1-6H;1-2H3. The van der Waals surface area contributed by atoms with Crippen molar-refractivity contribution in [1.29, 1.82) is 0 Å². The van der Waals surface area contributed by atoms with Crippen LogP contribution in [0.5, 0.6) is 11.5 Å². The Morgan fingerprint density at radius 1 is 0.702 bits per heavy atom. The highest BCUT2D eigenvalue weighted by Gasteiger charge is 2.23. The number of ketones is 1. The highest BCUT2D eigenvalue weighted by Crippen LogP contribution is 2.17. The molecule has 10 nitrogen and oxygen atoms in total. The van der Waals surface area contributed by atoms with Crippen LogP contribution in [0.4, 0.5) is 0 Å². The molecule has 0 bridgehead atoms. The first-order valence-electron chi connectivity index (χ1n) is 15.6. The van der Waals surface area contributed by atoms with Gasteiger partial charge in [0.15, 0.2) is 0 Å². The van der Waals surface area contributed by atoms with E-state index < -0.39 is 23.9 Å². The third-order valence-electron chi connectivity index (χ3n) is 6.01. The second-order valence-electron chi connectivity index (χ2n) is 10.4. The van der Waals surface area contributed by atoms with Crippen LogP contribution in [0, 0.1) is 0 Å². The molecule has 3 aromatic carbocycles. The zero-order chi connectivity index (χ0) is 34.9. The van der Waals surface area contributed by atoms with E-state index in [2.05, 4.69) is 10.1 Å². The SMILES string of the molecule is CCCOC(=O)c1ccc(OC(=O)C(Cc2ccc(OC(=O)CCCC(C)=O)cc2)NC(=O)CCC)cc1.COC.c1ccccc1. The maximum absolute atomic E-state index is 13.0. The molecule has 254 valence electrons. The predicted molar refractivity (Wildman–Crippen MR) is 179 cm³/mol. The smallest absolute Gasteiger partial charge is 0.338 e. The Morgan fingerprint density at radius 2 is 1.23 bits per heavy atom. The van der Waals surface area contributed by atoms with Gasteiger partial charge in [-0.2, -0.15) is 0 Å². The van der Waals surface area contributed by atoms with Crippen molar-refractivity contribution in [2.24, 2.45) is 0 Å². The molecule has 1 unspecified atom stereocenters. The van der Waals surface area contributed by atoms with E-state index in [1.165, 1.54) is 31.2 Å². The molecule has 1 amide bonds. The minimum atomic E-state index is -0.955. The number of esters is 3. The first-order valence-corrected chi connectivity index (χ1v) is 15.6. The van der Waals surface area contributed by atoms with Gasteiger partial charge in [-0.1, -0.05) is 62.4 Å². The van der Waals surface area contributed by atoms with Crippen molar-refractivity contribution in [3.63, 3.8) is 0 Å². The van der Waals surface area contributed by atoms with Gasteiger partial charge in [-0.25, -0.2) is 9.59 Å². The predicted octanol–water partition coefficient (Wildman–Crippen LogP) is 6.30. The number of amides is 1. The Morgan fingerprint density at radius 3 is 1.74 bits per heavy atom. The van der Waals surface area contributed by atoms with Crippen molar-refractivity contribution in [2.45, 2.75) is 71.8 Å². The fourth-order valence-electron chi connectivity index (χ4n) is 3.79. The van der Waals surface area contributed by atoms with Gasteiger partial charge in [0.1, 0.15) is 23.3 Å². The molecule has 47 heavy (non-hydrogen) atoms. The number of nitrogens with one attached hydrogen (secondary N) is 1. The first-order chi connectivity index (χ1) is 22.6. The molecule has 0 aliphatic rings. The molecule has 0 heterocycles. The minimum absolute atomic E-state index is 0.0189. The zero-order valence-electron chi connectivity index (χ0n) is 28.0. The van der Waals surface area contributed by atoms with Crippen molar-refractivity contribution in [3.8, 4) is 11.5 Å². The third kappa shape index (κ3) is 18.7. The Balaban J connectivity index is 0.00000106. The fraction of sp³-hybridized carbons (Fsp3) is 0.378. The topological polar surface area (TPSA) is 134 Å². The molecule has 0 aromatic heterocycles. The normalized spacial score (nSPS) is 10.5. The molecule has 0 aliphatic heterocycles. The molecule has 0 saturated carbocycles. The van der Waals surface area contributed by atoms with Crippen LogP contribution in [0.2, 0.25) is 0 Å². The molecular weight excluding hydrogens is 602 g/mol. The lowest BCUT2D eigenvalue weighted by Gasteiger charge is -2.18. The van der Waals surface area contributed by atoms with Crippen molar-refractivity contribution in [2.75, 3.05) is 20.8 Å². The lowest BCUT2D eigenvalue weighted by Crippen LogP contribution is -2.44. The zero-order valence-corrected chi connectivity index (χ0v) is 28.0. The Kier molecular flexibility index (Phi) is 20.9. The molecule has 0 aliphatic carbocycles. The summed E-state index contributed by atoms with van der Waals surface area (Å²) in [5.74, 6) is -1.24. The Hall–Kier alpha value is -4.83. The molecule has 1 atom stereocenters. The van der Waals surface area contributed by atoms with E-state index in [0.717, 1.165) is 0 Å². The second kappa shape index (κ2) is 24.4. The maximum atomic E-state index is 13.0. The number of Topliss-reactive ketones (excluding diaryl/α,β-unsaturated/α-hetero) is 1. The quantitative estimate of drug-likeness (QED) is 0.149. The summed E-state index contributed by atoms with van der Waals surface area (Å²) in [6.07, 6.45) is 2.64. The van der Waals surface area contributed by atoms with E-state index in [1.807, 2.05) is 50.2 Å². The average molecular weight is 650 g/mol. The van der Waals surface area contributed by atoms with E-state index >= 15 is 0 Å². The van der Waals surface area contributed by atoms with Gasteiger partial charge < -0.3 is 29.1 Å². The largest absolute Gasteiger partial charge is 0.462 e. The molecule has 3 rings (SSSR count). The molecular formula is C37H47NO9. The van der Waals surface area contributed by atoms with Crippen LogP contribution in [-0.2, 0) is 35.1 Å². The average Bonchev–Trinajstić information content (AvgIpc) is 3.06. The summed E-state index contributed by atoms with van der Waals surface area (Å²) in [6.45, 7) is 5.55. The monoisotopic (exact) mass is 649 g/mol. The van der Waals surface area contributed by atoms with E-state index in [4.69, 9.17) is 14.2 Å². The van der Waals surface area contributed by atoms with Crippen LogP contribution in [0.1, 0.15) is 75.2 Å². The lowest BCUT2D eigenvalue weighted by atomic mass is 10.1. The second-order valence-corrected chi connectivity index (χ2v) is 10.4. The summed E-state index contributed by atoms with van der Waals surface area (Å²) in [7, 11) is 3.25. The fourth-order valence-corrected chi connectivity index (χ4v) is 3.79. The van der Waals surface area contributed by atoms with Crippen LogP contribution in [0.15, 0.2) is 84.9 Å². The summed E-state index contributed by atoms with van der Waals surface area (Å²) < 4.78 is 20.1. The molecule has 10 heteroatoms. The van der Waals surface area contributed by atoms with Crippen molar-refractivity contribution in [1.82, 2.24) is 5.32 Å². The van der Waals surface area contributed by atoms with Crippen LogP contribution < -0.4 is 14.8 Å². The van der Waals surface area contributed by atoms with Gasteiger partial charge in [0, 0.05) is 39.9 Å². The number of hydrogen-bond donors (Lipinski definition) is 1. The van der Waals surface area contributed by atoms with Crippen LogP contribution >= 0.6 is 0 Å². The Labute approximate surface area is 277 Å². The number of ether oxygens (including phenoxy) is 4. The number of benzene rings is 3. The molecule has 3 aromatic rings. The summed E-state index contributed by atoms with van der Waals surface area (Å²) in [4.78, 5) is 60.1. The van der Waals surface area contributed by atoms with Crippen molar-refractivity contribution >= 4 is 29.6 Å². The number of methoxy groups -OCH3 is 1. The van der Waals surface area contributed by atoms with Crippen LogP contribution in [-0.4, -0.2) is 56.5 Å². The highest BCUT2D eigenvalue weighted by molar-refractivity contribution is 5.90. The molecule has 1 N–H and O–H groups in total. The molecule has 0 spiro atoms. The van der Waals surface area contributed by atoms with E-state index in [0.29, 0.717) is 49.2 Å². The first kappa shape index (κ1) is 40.2. The number of carbonyl (C=O) groups excluding carboxylic acids is 5. The van der Waals surface area contributed by atoms with E-state index in [9.17, 15) is 24.0 Å². The van der Waals surface area contributed by atoms with Gasteiger partial charge in [-0.05, 0) is 68.1 Å². The summed E-state index contributed by atoms with van der Waals surface area (Å²) in [5, 5.41) is 2.72. The summed E-state index contributed by atoms with van der Waals surface area (Å²) in [5.41, 5.74) is 1.06. The molecule has 0 saturated heterocycles. The van der Waals surface area contributed by atoms with Crippen molar-refractivity contribution in [3.05, 3.63) is 96.1 Å². The summed E-state index contributed by atoms with van der Waals surface area (Å²) in [6, 6.07) is 23.6. The molecule has 0 radical (unpaired) electrons. The van der Waals surface area contributed by atoms with Gasteiger partial charge in [-0.3, -0.25) is 9.59 Å². The maximum Gasteiger partial charge on any atom is 0.338 e. The van der Waals surface area contributed by atoms with E-state index in [-0.39, 0.29) is 36.7 Å². The number of carbonyl (C=O) groups is 5. The van der Waals surface area contributed by atoms with Crippen LogP contribution in [0.25, 0.3) is 0 Å². The lowest BCUT2D eigenvalue weighted by molar-refractivity contribution is -0.139. The number of hydrogen-bond acceptors (Lipinski definition) is 9. The number of rotatable bonds is 15. The van der Waals surface area contributed by atoms with Crippen LogP contribution in [0.3, 0.4) is 0 Å². The minimum Gasteiger partial charge on any atom is -0.462 e. The summed E-state index contributed by atoms with van der Waals surface area (Å²) >= 11 is 0. The van der Waals surface area contributed by atoms with E-state index in [1.54, 1.807) is 38.5 Å². The van der Waals surface area contributed by atoms with Gasteiger partial charge in [0.25, 0.3) is 0 Å². The van der Waals surface area contributed by atoms with Gasteiger partial charge in [0.05, 0.1) is 12.2 Å². The Bertz CT molecular complexity index is 1310. The van der Waals surface area contributed by atoms with Gasteiger partial charge >= 0.3 is 17.9 Å². The molecule has 0 fully saturated rings. The third-order valence-corrected chi connectivity index (χ3v) is 6.01.